The van der Waals surface area contributed by atoms with Crippen molar-refractivity contribution in [2.45, 2.75) is 51.5 Å². The summed E-state index contributed by atoms with van der Waals surface area (Å²) in [5.41, 5.74) is 6.07. The van der Waals surface area contributed by atoms with Crippen molar-refractivity contribution >= 4 is 11.8 Å². The summed E-state index contributed by atoms with van der Waals surface area (Å²) in [5.74, 6) is -0.226. The van der Waals surface area contributed by atoms with Gasteiger partial charge in [0.2, 0.25) is 0 Å². The molecule has 0 aliphatic carbocycles. The topological polar surface area (TPSA) is 89.6 Å². The normalized spacial score (nSPS) is 11.9. The fraction of sp³-hybridized carbons (Fsp3) is 0.529. The number of ether oxygens (including phenoxy) is 1. The first-order valence-corrected chi connectivity index (χ1v) is 7.79. The fourth-order valence-electron chi connectivity index (χ4n) is 2.24. The number of rotatable bonds is 11. The van der Waals surface area contributed by atoms with Crippen LogP contribution in [0.25, 0.3) is 0 Å². The molecule has 0 aliphatic rings. The van der Waals surface area contributed by atoms with E-state index in [1.165, 1.54) is 0 Å². The molecule has 1 atom stereocenters. The van der Waals surface area contributed by atoms with Gasteiger partial charge in [-0.25, -0.2) is 0 Å². The Balaban J connectivity index is 2.28. The number of ketones is 1. The molecule has 1 aromatic rings. The highest BCUT2D eigenvalue weighted by Gasteiger charge is 2.12. The van der Waals surface area contributed by atoms with Crippen molar-refractivity contribution < 1.29 is 19.4 Å². The maximum Gasteiger partial charge on any atom is 0.320 e. The molecule has 1 rings (SSSR count). The Labute approximate surface area is 131 Å². The molecule has 5 heteroatoms. The van der Waals surface area contributed by atoms with E-state index in [9.17, 15) is 9.59 Å². The summed E-state index contributed by atoms with van der Waals surface area (Å²) in [6.45, 7) is 2.43. The average Bonchev–Trinajstić information content (AvgIpc) is 2.51. The molecule has 5 nitrogen and oxygen atoms in total. The van der Waals surface area contributed by atoms with Crippen LogP contribution in [-0.4, -0.2) is 29.5 Å². The first kappa shape index (κ1) is 18.2. The van der Waals surface area contributed by atoms with Gasteiger partial charge in [0.25, 0.3) is 0 Å². The maximum atomic E-state index is 12.2. The lowest BCUT2D eigenvalue weighted by Crippen LogP contribution is -2.29. The van der Waals surface area contributed by atoms with Crippen molar-refractivity contribution in [3.63, 3.8) is 0 Å². The number of unbranched alkanes of at least 4 members (excludes halogenated alkanes) is 3. The van der Waals surface area contributed by atoms with Crippen molar-refractivity contribution in [3.8, 4) is 5.75 Å². The number of aliphatic carboxylic acids is 1. The van der Waals surface area contributed by atoms with Crippen LogP contribution in [0, 0.1) is 0 Å². The van der Waals surface area contributed by atoms with Gasteiger partial charge in [-0.15, -0.1) is 0 Å². The van der Waals surface area contributed by atoms with Crippen molar-refractivity contribution in [3.05, 3.63) is 29.8 Å². The fourth-order valence-corrected chi connectivity index (χ4v) is 2.24. The second-order valence-corrected chi connectivity index (χ2v) is 5.25. The number of hydrogen-bond acceptors (Lipinski definition) is 4. The predicted molar refractivity (Wildman–Crippen MR) is 85.3 cm³/mol. The van der Waals surface area contributed by atoms with E-state index in [1.807, 2.05) is 25.1 Å². The lowest BCUT2D eigenvalue weighted by Gasteiger charge is -2.09. The number of carbonyl (C=O) groups excluding carboxylic acids is 1. The molecular weight excluding hydrogens is 282 g/mol. The van der Waals surface area contributed by atoms with E-state index in [0.29, 0.717) is 30.8 Å². The maximum absolute atomic E-state index is 12.2. The van der Waals surface area contributed by atoms with Gasteiger partial charge in [0.05, 0.1) is 12.2 Å². The molecule has 122 valence electrons. The van der Waals surface area contributed by atoms with E-state index >= 15 is 0 Å². The SMILES string of the molecule is CCOc1ccccc1C(=O)CCCCCCC(N)C(=O)O. The molecule has 22 heavy (non-hydrogen) atoms. The Hall–Kier alpha value is -1.88. The first-order valence-electron chi connectivity index (χ1n) is 7.79. The van der Waals surface area contributed by atoms with Gasteiger partial charge in [-0.05, 0) is 31.9 Å². The Morgan fingerprint density at radius 2 is 1.86 bits per heavy atom. The largest absolute Gasteiger partial charge is 0.493 e. The highest BCUT2D eigenvalue weighted by molar-refractivity contribution is 5.98. The first-order chi connectivity index (χ1) is 10.6. The van der Waals surface area contributed by atoms with Crippen LogP contribution in [0.15, 0.2) is 24.3 Å². The number of carboxylic acid groups (broad SMARTS) is 1. The minimum Gasteiger partial charge on any atom is -0.493 e. The summed E-state index contributed by atoms with van der Waals surface area (Å²) >= 11 is 0. The number of Topliss-reactive ketones (excluding diaryl/α,β-unsaturated/α-hetero) is 1. The van der Waals surface area contributed by atoms with Gasteiger partial charge in [-0.3, -0.25) is 9.59 Å². The molecule has 0 radical (unpaired) electrons. The van der Waals surface area contributed by atoms with Crippen molar-refractivity contribution in [2.24, 2.45) is 5.73 Å². The summed E-state index contributed by atoms with van der Waals surface area (Å²) in [5, 5.41) is 8.67. The minimum absolute atomic E-state index is 0.0892. The van der Waals surface area contributed by atoms with E-state index in [2.05, 4.69) is 0 Å². The molecule has 0 aromatic heterocycles. The van der Waals surface area contributed by atoms with Gasteiger partial charge in [0.15, 0.2) is 5.78 Å². The van der Waals surface area contributed by atoms with E-state index in [-0.39, 0.29) is 5.78 Å². The summed E-state index contributed by atoms with van der Waals surface area (Å²) in [6.07, 6.45) is 4.32. The van der Waals surface area contributed by atoms with Crippen LogP contribution in [0.4, 0.5) is 0 Å². The van der Waals surface area contributed by atoms with Crippen LogP contribution in [-0.2, 0) is 4.79 Å². The van der Waals surface area contributed by atoms with Crippen molar-refractivity contribution in [1.82, 2.24) is 0 Å². The Bertz CT molecular complexity index is 487. The Morgan fingerprint density at radius 3 is 2.55 bits per heavy atom. The molecule has 0 heterocycles. The van der Waals surface area contributed by atoms with Crippen LogP contribution in [0.5, 0.6) is 5.75 Å². The van der Waals surface area contributed by atoms with Crippen molar-refractivity contribution in [2.75, 3.05) is 6.61 Å². The molecule has 0 aliphatic heterocycles. The zero-order chi connectivity index (χ0) is 16.4. The van der Waals surface area contributed by atoms with Gasteiger partial charge in [0, 0.05) is 6.42 Å². The average molecular weight is 307 g/mol. The van der Waals surface area contributed by atoms with Gasteiger partial charge in [-0.2, -0.15) is 0 Å². The molecule has 0 bridgehead atoms. The molecule has 0 fully saturated rings. The number of para-hydroxylation sites is 1. The quantitative estimate of drug-likeness (QED) is 0.484. The molecule has 0 spiro atoms. The van der Waals surface area contributed by atoms with Gasteiger partial charge in [-0.1, -0.05) is 31.4 Å². The molecule has 0 amide bonds. The minimum atomic E-state index is -0.956. The molecule has 1 unspecified atom stereocenters. The van der Waals surface area contributed by atoms with E-state index in [4.69, 9.17) is 15.6 Å². The zero-order valence-corrected chi connectivity index (χ0v) is 13.1. The third kappa shape index (κ3) is 6.26. The third-order valence-electron chi connectivity index (χ3n) is 3.47. The second-order valence-electron chi connectivity index (χ2n) is 5.25. The van der Waals surface area contributed by atoms with Crippen LogP contribution in [0.2, 0.25) is 0 Å². The van der Waals surface area contributed by atoms with Crippen molar-refractivity contribution in [1.29, 1.82) is 0 Å². The lowest BCUT2D eigenvalue weighted by molar-refractivity contribution is -0.138. The number of benzene rings is 1. The van der Waals surface area contributed by atoms with E-state index < -0.39 is 12.0 Å². The highest BCUT2D eigenvalue weighted by atomic mass is 16.5. The summed E-state index contributed by atoms with van der Waals surface area (Å²) in [4.78, 5) is 22.8. The zero-order valence-electron chi connectivity index (χ0n) is 13.1. The van der Waals surface area contributed by atoms with Crippen LogP contribution >= 0.6 is 0 Å². The van der Waals surface area contributed by atoms with Crippen LogP contribution in [0.1, 0.15) is 55.8 Å². The number of nitrogens with two attached hydrogens (primary N) is 1. The standard InChI is InChI=1S/C17H25NO4/c1-2-22-16-12-8-7-9-13(16)15(19)11-6-4-3-5-10-14(18)17(20)21/h7-9,12,14H,2-6,10-11,18H2,1H3,(H,20,21). The summed E-state index contributed by atoms with van der Waals surface area (Å²) in [6, 6.07) is 6.51. The number of carbonyl (C=O) groups is 2. The Kier molecular flexibility index (Phi) is 8.22. The number of hydrogen-bond donors (Lipinski definition) is 2. The molecule has 3 N–H and O–H groups in total. The van der Waals surface area contributed by atoms with Crippen LogP contribution < -0.4 is 10.5 Å². The second kappa shape index (κ2) is 9.95. The smallest absolute Gasteiger partial charge is 0.320 e. The predicted octanol–water partition coefficient (Wildman–Crippen LogP) is 3.02. The monoisotopic (exact) mass is 307 g/mol. The lowest BCUT2D eigenvalue weighted by atomic mass is 10.0. The van der Waals surface area contributed by atoms with Gasteiger partial charge >= 0.3 is 5.97 Å². The highest BCUT2D eigenvalue weighted by Crippen LogP contribution is 2.21. The van der Waals surface area contributed by atoms with E-state index in [1.54, 1.807) is 6.07 Å². The summed E-state index contributed by atoms with van der Waals surface area (Å²) < 4.78 is 5.46. The number of carboxylic acids is 1. The molecule has 0 saturated carbocycles. The van der Waals surface area contributed by atoms with Gasteiger partial charge in [0.1, 0.15) is 11.8 Å². The molecular formula is C17H25NO4. The third-order valence-corrected chi connectivity index (χ3v) is 3.47. The Morgan fingerprint density at radius 1 is 1.18 bits per heavy atom. The van der Waals surface area contributed by atoms with Crippen LogP contribution in [0.3, 0.4) is 0 Å². The summed E-state index contributed by atoms with van der Waals surface area (Å²) in [7, 11) is 0. The molecule has 0 saturated heterocycles. The van der Waals surface area contributed by atoms with Gasteiger partial charge < -0.3 is 15.6 Å². The van der Waals surface area contributed by atoms with E-state index in [0.717, 1.165) is 25.7 Å². The molecule has 1 aromatic carbocycles.